The molecule has 0 aliphatic carbocycles. The van der Waals surface area contributed by atoms with Crippen LogP contribution in [0.1, 0.15) is 64.4 Å². The second-order valence-electron chi connectivity index (χ2n) is 6.87. The molecule has 0 saturated carbocycles. The van der Waals surface area contributed by atoms with Crippen LogP contribution in [0.5, 0.6) is 0 Å². The predicted molar refractivity (Wildman–Crippen MR) is 102 cm³/mol. The van der Waals surface area contributed by atoms with Gasteiger partial charge in [-0.1, -0.05) is 57.7 Å². The molecule has 1 aromatic carbocycles. The van der Waals surface area contributed by atoms with E-state index in [9.17, 15) is 0 Å². The third-order valence-corrected chi connectivity index (χ3v) is 5.25. The molecular formula is C21H36N2. The summed E-state index contributed by atoms with van der Waals surface area (Å²) in [4.78, 5) is 5.15. The van der Waals surface area contributed by atoms with Crippen LogP contribution in [0.3, 0.4) is 0 Å². The molecule has 0 radical (unpaired) electrons. The Bertz CT molecular complexity index is 426. The van der Waals surface area contributed by atoms with E-state index in [1.165, 1.54) is 89.8 Å². The molecule has 23 heavy (non-hydrogen) atoms. The Balaban J connectivity index is 1.53. The predicted octanol–water partition coefficient (Wildman–Crippen LogP) is 5.12. The van der Waals surface area contributed by atoms with Crippen molar-refractivity contribution in [3.8, 4) is 0 Å². The molecule has 1 heterocycles. The van der Waals surface area contributed by atoms with Crippen LogP contribution in [0.25, 0.3) is 0 Å². The third kappa shape index (κ3) is 6.18. The van der Waals surface area contributed by atoms with Crippen molar-refractivity contribution in [2.45, 2.75) is 65.2 Å². The smallest absolute Gasteiger partial charge is 0.0398 e. The molecule has 0 atom stereocenters. The Morgan fingerprint density at radius 2 is 1.61 bits per heavy atom. The van der Waals surface area contributed by atoms with E-state index in [4.69, 9.17) is 0 Å². The fourth-order valence-electron chi connectivity index (χ4n) is 3.73. The summed E-state index contributed by atoms with van der Waals surface area (Å²) in [6.07, 6.45) is 10.9. The summed E-state index contributed by atoms with van der Waals surface area (Å²) in [7, 11) is 0. The molecule has 1 aromatic rings. The number of nitrogens with zero attached hydrogens (tertiary/aromatic N) is 2. The van der Waals surface area contributed by atoms with E-state index in [0.29, 0.717) is 0 Å². The Morgan fingerprint density at radius 1 is 0.913 bits per heavy atom. The van der Waals surface area contributed by atoms with E-state index >= 15 is 0 Å². The summed E-state index contributed by atoms with van der Waals surface area (Å²) >= 11 is 0. The van der Waals surface area contributed by atoms with E-state index in [2.05, 4.69) is 47.9 Å². The van der Waals surface area contributed by atoms with Crippen molar-refractivity contribution in [2.24, 2.45) is 0 Å². The van der Waals surface area contributed by atoms with Gasteiger partial charge in [0.2, 0.25) is 0 Å². The van der Waals surface area contributed by atoms with Gasteiger partial charge in [-0.3, -0.25) is 0 Å². The Kier molecular flexibility index (Phi) is 8.52. The zero-order valence-electron chi connectivity index (χ0n) is 15.4. The summed E-state index contributed by atoms with van der Waals surface area (Å²) in [6.45, 7) is 10.7. The maximum atomic E-state index is 2.61. The van der Waals surface area contributed by atoms with Crippen molar-refractivity contribution in [1.29, 1.82) is 0 Å². The van der Waals surface area contributed by atoms with Crippen molar-refractivity contribution in [3.63, 3.8) is 0 Å². The van der Waals surface area contributed by atoms with Crippen LogP contribution in [-0.4, -0.2) is 37.6 Å². The molecule has 0 amide bonds. The van der Waals surface area contributed by atoms with Crippen molar-refractivity contribution in [1.82, 2.24) is 4.90 Å². The molecule has 1 aliphatic heterocycles. The molecule has 0 spiro atoms. The second-order valence-corrected chi connectivity index (χ2v) is 6.87. The first kappa shape index (κ1) is 18.3. The van der Waals surface area contributed by atoms with Crippen LogP contribution in [-0.2, 0) is 6.42 Å². The fourth-order valence-corrected chi connectivity index (χ4v) is 3.73. The summed E-state index contributed by atoms with van der Waals surface area (Å²) in [5.74, 6) is 0. The summed E-state index contributed by atoms with van der Waals surface area (Å²) in [5, 5.41) is 0. The number of para-hydroxylation sites is 1. The number of hydrogen-bond donors (Lipinski definition) is 0. The van der Waals surface area contributed by atoms with Gasteiger partial charge in [0.15, 0.2) is 0 Å². The SMILES string of the molecule is CCN(CC)CCCCCCCCN1CCCc2ccccc21. The van der Waals surface area contributed by atoms with Gasteiger partial charge in [-0.05, 0) is 56.9 Å². The Morgan fingerprint density at radius 3 is 2.39 bits per heavy atom. The molecule has 0 N–H and O–H groups in total. The number of fused-ring (bicyclic) bond motifs is 1. The van der Waals surface area contributed by atoms with Crippen molar-refractivity contribution in [3.05, 3.63) is 29.8 Å². The number of anilines is 1. The van der Waals surface area contributed by atoms with Crippen LogP contribution in [0.4, 0.5) is 5.69 Å². The number of rotatable bonds is 11. The van der Waals surface area contributed by atoms with Gasteiger partial charge in [0.25, 0.3) is 0 Å². The average molecular weight is 317 g/mol. The first-order valence-electron chi connectivity index (χ1n) is 9.90. The highest BCUT2D eigenvalue weighted by Gasteiger charge is 2.15. The van der Waals surface area contributed by atoms with Gasteiger partial charge in [-0.15, -0.1) is 0 Å². The Labute approximate surface area is 143 Å². The Hall–Kier alpha value is -1.02. The molecule has 1 aliphatic rings. The van der Waals surface area contributed by atoms with Gasteiger partial charge in [-0.25, -0.2) is 0 Å². The highest BCUT2D eigenvalue weighted by Crippen LogP contribution is 2.26. The van der Waals surface area contributed by atoms with Crippen LogP contribution in [0, 0.1) is 0 Å². The maximum absolute atomic E-state index is 2.61. The van der Waals surface area contributed by atoms with E-state index in [1.54, 1.807) is 5.56 Å². The fraction of sp³-hybridized carbons (Fsp3) is 0.714. The van der Waals surface area contributed by atoms with Gasteiger partial charge in [0.1, 0.15) is 0 Å². The lowest BCUT2D eigenvalue weighted by molar-refractivity contribution is 0.295. The first-order valence-corrected chi connectivity index (χ1v) is 9.90. The second kappa shape index (κ2) is 10.7. The molecule has 0 aromatic heterocycles. The van der Waals surface area contributed by atoms with Crippen LogP contribution < -0.4 is 4.90 Å². The van der Waals surface area contributed by atoms with E-state index < -0.39 is 0 Å². The molecule has 0 unspecified atom stereocenters. The molecule has 0 bridgehead atoms. The lowest BCUT2D eigenvalue weighted by atomic mass is 10.0. The minimum atomic E-state index is 1.20. The van der Waals surface area contributed by atoms with E-state index in [-0.39, 0.29) is 0 Å². The molecule has 130 valence electrons. The van der Waals surface area contributed by atoms with Gasteiger partial charge in [0.05, 0.1) is 0 Å². The number of benzene rings is 1. The summed E-state index contributed by atoms with van der Waals surface area (Å²) in [5.41, 5.74) is 3.05. The minimum absolute atomic E-state index is 1.20. The highest BCUT2D eigenvalue weighted by molar-refractivity contribution is 5.55. The van der Waals surface area contributed by atoms with E-state index in [1.807, 2.05) is 0 Å². The lowest BCUT2D eigenvalue weighted by Crippen LogP contribution is -2.30. The zero-order valence-corrected chi connectivity index (χ0v) is 15.4. The number of aryl methyl sites for hydroxylation is 1. The van der Waals surface area contributed by atoms with Crippen molar-refractivity contribution in [2.75, 3.05) is 37.6 Å². The van der Waals surface area contributed by atoms with Gasteiger partial charge in [0, 0.05) is 18.8 Å². The number of unbranched alkanes of at least 4 members (excludes halogenated alkanes) is 5. The molecule has 0 fully saturated rings. The third-order valence-electron chi connectivity index (χ3n) is 5.25. The summed E-state index contributed by atoms with van der Waals surface area (Å²) < 4.78 is 0. The maximum Gasteiger partial charge on any atom is 0.0398 e. The van der Waals surface area contributed by atoms with Crippen molar-refractivity contribution < 1.29 is 0 Å². The van der Waals surface area contributed by atoms with Gasteiger partial charge >= 0.3 is 0 Å². The van der Waals surface area contributed by atoms with Crippen LogP contribution in [0.15, 0.2) is 24.3 Å². The summed E-state index contributed by atoms with van der Waals surface area (Å²) in [6, 6.07) is 8.98. The number of hydrogen-bond acceptors (Lipinski definition) is 2. The molecule has 2 heteroatoms. The molecule has 2 nitrogen and oxygen atoms in total. The average Bonchev–Trinajstić information content (AvgIpc) is 2.60. The van der Waals surface area contributed by atoms with E-state index in [0.717, 1.165) is 0 Å². The van der Waals surface area contributed by atoms with Gasteiger partial charge in [-0.2, -0.15) is 0 Å². The molecular weight excluding hydrogens is 280 g/mol. The minimum Gasteiger partial charge on any atom is -0.371 e. The van der Waals surface area contributed by atoms with Crippen molar-refractivity contribution >= 4 is 5.69 Å². The topological polar surface area (TPSA) is 6.48 Å². The zero-order chi connectivity index (χ0) is 16.3. The normalized spacial score (nSPS) is 14.3. The largest absolute Gasteiger partial charge is 0.371 e. The monoisotopic (exact) mass is 316 g/mol. The van der Waals surface area contributed by atoms with Crippen LogP contribution in [0.2, 0.25) is 0 Å². The lowest BCUT2D eigenvalue weighted by Gasteiger charge is -2.31. The molecule has 2 rings (SSSR count). The highest BCUT2D eigenvalue weighted by atomic mass is 15.1. The molecule has 0 saturated heterocycles. The first-order chi connectivity index (χ1) is 11.3. The van der Waals surface area contributed by atoms with Crippen LogP contribution >= 0.6 is 0 Å². The standard InChI is InChI=1S/C21H36N2/c1-3-22(4-2)17-11-7-5-6-8-12-18-23-19-13-15-20-14-9-10-16-21(20)23/h9-10,14,16H,3-8,11-13,15,17-19H2,1-2H3. The van der Waals surface area contributed by atoms with Gasteiger partial charge < -0.3 is 9.80 Å². The quantitative estimate of drug-likeness (QED) is 0.523.